The van der Waals surface area contributed by atoms with E-state index in [1.54, 1.807) is 35.6 Å². The van der Waals surface area contributed by atoms with Crippen LogP contribution in [0.5, 0.6) is 5.75 Å². The lowest BCUT2D eigenvalue weighted by molar-refractivity contribution is 0.0951. The Balaban J connectivity index is 1.94. The van der Waals surface area contributed by atoms with Gasteiger partial charge < -0.3 is 10.4 Å². The molecule has 1 heterocycles. The lowest BCUT2D eigenvalue weighted by Gasteiger charge is -2.03. The molecule has 1 aromatic carbocycles. The van der Waals surface area contributed by atoms with Crippen LogP contribution < -0.4 is 5.32 Å². The molecule has 3 nitrogen and oxygen atoms in total. The molecule has 0 unspecified atom stereocenters. The molecule has 2 rings (SSSR count). The first kappa shape index (κ1) is 12.4. The van der Waals surface area contributed by atoms with Crippen LogP contribution >= 0.6 is 33.9 Å². The van der Waals surface area contributed by atoms with Gasteiger partial charge in [0.25, 0.3) is 5.91 Å². The summed E-state index contributed by atoms with van der Waals surface area (Å²) in [5.41, 5.74) is 1.65. The summed E-state index contributed by atoms with van der Waals surface area (Å²) in [5, 5.41) is 13.8. The summed E-state index contributed by atoms with van der Waals surface area (Å²) in [7, 11) is 0. The minimum absolute atomic E-state index is 0.0720. The second-order valence-electron chi connectivity index (χ2n) is 3.49. The molecule has 0 aliphatic heterocycles. The first-order chi connectivity index (χ1) is 8.15. The topological polar surface area (TPSA) is 49.3 Å². The number of rotatable bonds is 3. The standard InChI is InChI=1S/C12H10INO2S/c13-11-5-9(7-17-11)12(16)14-6-8-1-3-10(15)4-2-8/h1-5,7,15H,6H2,(H,14,16). The lowest BCUT2D eigenvalue weighted by Crippen LogP contribution is -2.22. The van der Waals surface area contributed by atoms with E-state index in [1.807, 2.05) is 11.4 Å². The fourth-order valence-corrected chi connectivity index (χ4v) is 2.65. The van der Waals surface area contributed by atoms with Crippen molar-refractivity contribution in [1.29, 1.82) is 0 Å². The maximum absolute atomic E-state index is 11.7. The third-order valence-electron chi connectivity index (χ3n) is 2.22. The third kappa shape index (κ3) is 3.44. The zero-order valence-corrected chi connectivity index (χ0v) is 11.8. The number of carbonyl (C=O) groups is 1. The van der Waals surface area contributed by atoms with Crippen LogP contribution in [0.3, 0.4) is 0 Å². The number of carbonyl (C=O) groups excluding carboxylic acids is 1. The summed E-state index contributed by atoms with van der Waals surface area (Å²) in [5.74, 6) is 0.157. The molecule has 0 saturated carbocycles. The van der Waals surface area contributed by atoms with Gasteiger partial charge in [0, 0.05) is 11.9 Å². The molecule has 1 amide bonds. The smallest absolute Gasteiger partial charge is 0.252 e. The summed E-state index contributed by atoms with van der Waals surface area (Å²) in [6, 6.07) is 8.64. The lowest BCUT2D eigenvalue weighted by atomic mass is 10.2. The van der Waals surface area contributed by atoms with Crippen LogP contribution in [0.4, 0.5) is 0 Å². The van der Waals surface area contributed by atoms with Gasteiger partial charge in [-0.05, 0) is 46.4 Å². The van der Waals surface area contributed by atoms with Crippen LogP contribution in [0.15, 0.2) is 35.7 Å². The van der Waals surface area contributed by atoms with Crippen molar-refractivity contribution in [1.82, 2.24) is 5.32 Å². The van der Waals surface area contributed by atoms with E-state index < -0.39 is 0 Å². The molecular weight excluding hydrogens is 349 g/mol. The summed E-state index contributed by atoms with van der Waals surface area (Å²) in [6.07, 6.45) is 0. The van der Waals surface area contributed by atoms with Crippen LogP contribution in [-0.2, 0) is 6.54 Å². The number of amides is 1. The van der Waals surface area contributed by atoms with E-state index in [0.717, 1.165) is 8.45 Å². The number of hydrogen-bond donors (Lipinski definition) is 2. The fraction of sp³-hybridized carbons (Fsp3) is 0.0833. The molecular formula is C12H10INO2S. The van der Waals surface area contributed by atoms with Crippen LogP contribution in [0.25, 0.3) is 0 Å². The monoisotopic (exact) mass is 359 g/mol. The van der Waals surface area contributed by atoms with Gasteiger partial charge in [-0.3, -0.25) is 4.79 Å². The number of phenols is 1. The van der Waals surface area contributed by atoms with Crippen molar-refractivity contribution in [3.05, 3.63) is 49.7 Å². The first-order valence-corrected chi connectivity index (χ1v) is 6.91. The number of phenolic OH excluding ortho intramolecular Hbond substituents is 1. The molecule has 0 radical (unpaired) electrons. The number of benzene rings is 1. The predicted octanol–water partition coefficient (Wildman–Crippen LogP) is 2.99. The second-order valence-corrected chi connectivity index (χ2v) is 6.29. The van der Waals surface area contributed by atoms with Crippen LogP contribution in [0.1, 0.15) is 15.9 Å². The number of thiophene rings is 1. The Bertz CT molecular complexity index is 522. The highest BCUT2D eigenvalue weighted by atomic mass is 127. The zero-order chi connectivity index (χ0) is 12.3. The number of hydrogen-bond acceptors (Lipinski definition) is 3. The van der Waals surface area contributed by atoms with Crippen LogP contribution in [0.2, 0.25) is 0 Å². The van der Waals surface area contributed by atoms with Gasteiger partial charge in [0.05, 0.1) is 8.45 Å². The molecule has 2 N–H and O–H groups in total. The van der Waals surface area contributed by atoms with Gasteiger partial charge in [-0.1, -0.05) is 12.1 Å². The molecule has 0 saturated heterocycles. The van der Waals surface area contributed by atoms with Crippen LogP contribution in [-0.4, -0.2) is 11.0 Å². The first-order valence-electron chi connectivity index (χ1n) is 4.95. The Morgan fingerprint density at radius 3 is 2.65 bits per heavy atom. The summed E-state index contributed by atoms with van der Waals surface area (Å²) >= 11 is 3.74. The third-order valence-corrected chi connectivity index (χ3v) is 4.01. The Morgan fingerprint density at radius 1 is 1.35 bits per heavy atom. The molecule has 0 aliphatic carbocycles. The van der Waals surface area contributed by atoms with Gasteiger partial charge in [-0.2, -0.15) is 0 Å². The van der Waals surface area contributed by atoms with E-state index in [2.05, 4.69) is 27.9 Å². The Morgan fingerprint density at radius 2 is 2.06 bits per heavy atom. The van der Waals surface area contributed by atoms with E-state index >= 15 is 0 Å². The largest absolute Gasteiger partial charge is 0.508 e. The average Bonchev–Trinajstić information content (AvgIpc) is 2.75. The molecule has 2 aromatic rings. The van der Waals surface area contributed by atoms with E-state index in [4.69, 9.17) is 5.11 Å². The van der Waals surface area contributed by atoms with Gasteiger partial charge in [0.2, 0.25) is 0 Å². The highest BCUT2D eigenvalue weighted by molar-refractivity contribution is 14.1. The number of nitrogens with one attached hydrogen (secondary N) is 1. The molecule has 0 atom stereocenters. The van der Waals surface area contributed by atoms with Gasteiger partial charge in [0.15, 0.2) is 0 Å². The Hall–Kier alpha value is -1.08. The fourth-order valence-electron chi connectivity index (χ4n) is 1.33. The SMILES string of the molecule is O=C(NCc1ccc(O)cc1)c1csc(I)c1. The molecule has 5 heteroatoms. The average molecular weight is 359 g/mol. The van der Waals surface area contributed by atoms with Crippen molar-refractivity contribution in [3.8, 4) is 5.75 Å². The van der Waals surface area contributed by atoms with Crippen molar-refractivity contribution in [2.24, 2.45) is 0 Å². The molecule has 1 aromatic heterocycles. The van der Waals surface area contributed by atoms with Gasteiger partial charge in [0.1, 0.15) is 5.75 Å². The van der Waals surface area contributed by atoms with Gasteiger partial charge in [-0.15, -0.1) is 11.3 Å². The highest BCUT2D eigenvalue weighted by Crippen LogP contribution is 2.16. The Labute approximate surface area is 117 Å². The predicted molar refractivity (Wildman–Crippen MR) is 76.3 cm³/mol. The molecule has 0 fully saturated rings. The number of aromatic hydroxyl groups is 1. The highest BCUT2D eigenvalue weighted by Gasteiger charge is 2.07. The van der Waals surface area contributed by atoms with Crippen molar-refractivity contribution in [2.75, 3.05) is 0 Å². The zero-order valence-electron chi connectivity index (χ0n) is 8.81. The molecule has 0 spiro atoms. The minimum atomic E-state index is -0.0720. The second kappa shape index (κ2) is 5.50. The van der Waals surface area contributed by atoms with Crippen molar-refractivity contribution < 1.29 is 9.90 Å². The maximum Gasteiger partial charge on any atom is 0.252 e. The molecule has 0 aliphatic rings. The van der Waals surface area contributed by atoms with E-state index in [-0.39, 0.29) is 11.7 Å². The van der Waals surface area contributed by atoms with E-state index in [9.17, 15) is 4.79 Å². The van der Waals surface area contributed by atoms with Crippen molar-refractivity contribution >= 4 is 39.8 Å². The quantitative estimate of drug-likeness (QED) is 0.828. The van der Waals surface area contributed by atoms with E-state index in [0.29, 0.717) is 12.1 Å². The Kier molecular flexibility index (Phi) is 4.01. The number of halogens is 1. The summed E-state index contributed by atoms with van der Waals surface area (Å²) in [4.78, 5) is 11.7. The van der Waals surface area contributed by atoms with Crippen molar-refractivity contribution in [3.63, 3.8) is 0 Å². The van der Waals surface area contributed by atoms with Gasteiger partial charge >= 0.3 is 0 Å². The van der Waals surface area contributed by atoms with E-state index in [1.165, 1.54) is 0 Å². The van der Waals surface area contributed by atoms with Crippen LogP contribution in [0, 0.1) is 2.88 Å². The minimum Gasteiger partial charge on any atom is -0.508 e. The normalized spacial score (nSPS) is 10.2. The summed E-state index contributed by atoms with van der Waals surface area (Å²) < 4.78 is 1.09. The molecule has 88 valence electrons. The summed E-state index contributed by atoms with van der Waals surface area (Å²) in [6.45, 7) is 0.464. The molecule has 17 heavy (non-hydrogen) atoms. The van der Waals surface area contributed by atoms with Gasteiger partial charge in [-0.25, -0.2) is 0 Å². The maximum atomic E-state index is 11.7. The molecule has 0 bridgehead atoms. The van der Waals surface area contributed by atoms with Crippen molar-refractivity contribution in [2.45, 2.75) is 6.54 Å².